The summed E-state index contributed by atoms with van der Waals surface area (Å²) < 4.78 is 28.4. The van der Waals surface area contributed by atoms with Crippen LogP contribution >= 0.6 is 0 Å². The zero-order valence-electron chi connectivity index (χ0n) is 14.5. The number of hydrogen-bond acceptors (Lipinski definition) is 5. The van der Waals surface area contributed by atoms with Crippen LogP contribution < -0.4 is 9.67 Å². The van der Waals surface area contributed by atoms with E-state index in [1.54, 1.807) is 12.1 Å². The van der Waals surface area contributed by atoms with Crippen LogP contribution in [0.2, 0.25) is 0 Å². The van der Waals surface area contributed by atoms with Crippen molar-refractivity contribution in [2.75, 3.05) is 5.32 Å². The summed E-state index contributed by atoms with van der Waals surface area (Å²) >= 11 is -5.15. The van der Waals surface area contributed by atoms with Crippen LogP contribution in [0.15, 0.2) is 36.4 Å². The molecule has 0 fully saturated rings. The summed E-state index contributed by atoms with van der Waals surface area (Å²) in [6, 6.07) is 8.70. The Labute approximate surface area is 157 Å². The van der Waals surface area contributed by atoms with Gasteiger partial charge in [-0.15, -0.1) is 0 Å². The van der Waals surface area contributed by atoms with E-state index in [9.17, 15) is 23.8 Å². The van der Waals surface area contributed by atoms with Crippen molar-refractivity contribution < 1.29 is 26.8 Å². The number of rotatable bonds is 3. The molecule has 2 aromatic carbocycles. The Morgan fingerprint density at radius 1 is 1.15 bits per heavy atom. The molecule has 1 aliphatic carbocycles. The number of non-ortho nitro benzene ring substituents is 1. The molecule has 27 heavy (non-hydrogen) atoms. The van der Waals surface area contributed by atoms with Crippen LogP contribution in [-0.4, -0.2) is 38.3 Å². The Morgan fingerprint density at radius 2 is 1.81 bits per heavy atom. The van der Waals surface area contributed by atoms with E-state index < -0.39 is 24.3 Å². The monoisotopic (exact) mass is 438 g/mol. The van der Waals surface area contributed by atoms with Gasteiger partial charge in [0.25, 0.3) is 5.69 Å². The first-order valence-electron chi connectivity index (χ1n) is 8.01. The minimum absolute atomic E-state index is 0.218. The first-order chi connectivity index (χ1) is 12.6. The average molecular weight is 438 g/mol. The summed E-state index contributed by atoms with van der Waals surface area (Å²) in [5.41, 5.74) is 2.89. The predicted octanol–water partition coefficient (Wildman–Crippen LogP) is 0.995. The molecule has 0 saturated heterocycles. The van der Waals surface area contributed by atoms with E-state index in [2.05, 4.69) is 5.32 Å². The van der Waals surface area contributed by atoms with Crippen molar-refractivity contribution >= 4 is 35.8 Å². The fraction of sp³-hybridized carbons (Fsp3) is 0.235. The molecule has 0 aliphatic heterocycles. The third kappa shape index (κ3) is 5.68. The Balaban J connectivity index is 0.000000198. The second-order valence-corrected chi connectivity index (χ2v) is 9.29. The van der Waals surface area contributed by atoms with Crippen molar-refractivity contribution in [2.45, 2.75) is 26.2 Å². The van der Waals surface area contributed by atoms with Crippen LogP contribution in [0.4, 0.5) is 11.4 Å². The van der Waals surface area contributed by atoms with Gasteiger partial charge in [-0.25, -0.2) is 0 Å². The molecular weight excluding hydrogens is 419 g/mol. The van der Waals surface area contributed by atoms with Crippen LogP contribution in [0, 0.1) is 10.1 Å². The SMILES string of the molecule is CC(=O)Nc1ccc(O)c([As](=O)(O)O)c1.O=[N+]([O-])c1ccc2c(c1)CCC2. The molecule has 1 aliphatic rings. The van der Waals surface area contributed by atoms with Gasteiger partial charge in [-0.2, -0.15) is 0 Å². The molecule has 2 aromatic rings. The topological polar surface area (TPSA) is 150 Å². The Morgan fingerprint density at radius 3 is 2.41 bits per heavy atom. The summed E-state index contributed by atoms with van der Waals surface area (Å²) in [7, 11) is 0. The van der Waals surface area contributed by atoms with Crippen molar-refractivity contribution in [3.63, 3.8) is 0 Å². The zero-order chi connectivity index (χ0) is 20.2. The molecule has 0 aromatic heterocycles. The van der Waals surface area contributed by atoms with Crippen molar-refractivity contribution in [3.05, 3.63) is 57.6 Å². The van der Waals surface area contributed by atoms with Gasteiger partial charge < -0.3 is 0 Å². The predicted molar refractivity (Wildman–Crippen MR) is 98.0 cm³/mol. The number of carbonyl (C=O) groups excluding carboxylic acids is 1. The molecule has 0 radical (unpaired) electrons. The van der Waals surface area contributed by atoms with Crippen LogP contribution in [0.25, 0.3) is 0 Å². The maximum Gasteiger partial charge on any atom is 0.269 e. The van der Waals surface area contributed by atoms with E-state index in [0.29, 0.717) is 0 Å². The van der Waals surface area contributed by atoms with E-state index in [4.69, 9.17) is 8.19 Å². The van der Waals surface area contributed by atoms with Crippen molar-refractivity contribution in [1.82, 2.24) is 0 Å². The van der Waals surface area contributed by atoms with Gasteiger partial charge in [0.1, 0.15) is 0 Å². The number of benzene rings is 2. The summed E-state index contributed by atoms with van der Waals surface area (Å²) in [4.78, 5) is 20.8. The number of amides is 1. The third-order valence-corrected chi connectivity index (χ3v) is 5.97. The van der Waals surface area contributed by atoms with E-state index in [-0.39, 0.29) is 22.2 Å². The molecule has 144 valence electrons. The molecule has 0 unspecified atom stereocenters. The van der Waals surface area contributed by atoms with Gasteiger partial charge in [-0.05, 0) is 30.4 Å². The fourth-order valence-corrected chi connectivity index (χ4v) is 4.14. The van der Waals surface area contributed by atoms with Crippen molar-refractivity contribution in [3.8, 4) is 5.75 Å². The van der Waals surface area contributed by atoms with Gasteiger partial charge in [0.05, 0.1) is 4.92 Å². The molecule has 1 amide bonds. The molecule has 10 heteroatoms. The molecule has 0 atom stereocenters. The number of fused-ring (bicyclic) bond motifs is 1. The Hall–Kier alpha value is -2.61. The largest absolute Gasteiger partial charge is 0.269 e. The molecule has 0 spiro atoms. The van der Waals surface area contributed by atoms with Crippen LogP contribution in [-0.2, 0) is 21.4 Å². The molecule has 0 heterocycles. The number of nitrogens with zero attached hydrogens (tertiary/aromatic N) is 1. The smallest absolute Gasteiger partial charge is 0.258 e. The fourth-order valence-electron chi connectivity index (χ4n) is 2.71. The maximum atomic E-state index is 11.0. The number of aromatic hydroxyl groups is 1. The molecular formula is C17H19AsN2O7. The second-order valence-electron chi connectivity index (χ2n) is 5.99. The zero-order valence-corrected chi connectivity index (χ0v) is 16.3. The van der Waals surface area contributed by atoms with Gasteiger partial charge in [-0.1, -0.05) is 6.07 Å². The molecule has 0 bridgehead atoms. The second kappa shape index (κ2) is 8.39. The average Bonchev–Trinajstić information content (AvgIpc) is 3.03. The number of hydrogen-bond donors (Lipinski definition) is 4. The first-order valence-corrected chi connectivity index (χ1v) is 11.4. The van der Waals surface area contributed by atoms with Gasteiger partial charge in [0, 0.05) is 12.1 Å². The van der Waals surface area contributed by atoms with Gasteiger partial charge in [-0.3, -0.25) is 10.1 Å². The maximum absolute atomic E-state index is 11.0. The quantitative estimate of drug-likeness (QED) is 0.242. The number of anilines is 1. The van der Waals surface area contributed by atoms with E-state index in [0.717, 1.165) is 37.0 Å². The number of phenolic OH excluding ortho intramolecular Hbond substituents is 1. The number of aryl methyl sites for hydroxylation is 2. The van der Waals surface area contributed by atoms with E-state index in [1.165, 1.54) is 18.6 Å². The van der Waals surface area contributed by atoms with Crippen LogP contribution in [0.1, 0.15) is 24.5 Å². The standard InChI is InChI=1S/C9H9NO2.C8H10AsNO5/c11-10(12)9-5-4-7-2-1-3-8(7)6-9;1-5(11)10-6-2-3-8(12)7(4-6)9(13,14)15/h4-6H,1-3H2;2-4,12H,1H3,(H,10,11)(H2,13,14,15). The molecule has 9 nitrogen and oxygen atoms in total. The molecule has 3 rings (SSSR count). The van der Waals surface area contributed by atoms with E-state index >= 15 is 0 Å². The van der Waals surface area contributed by atoms with Crippen molar-refractivity contribution in [2.24, 2.45) is 0 Å². The van der Waals surface area contributed by atoms with E-state index in [1.807, 2.05) is 6.07 Å². The Kier molecular flexibility index (Phi) is 6.43. The summed E-state index contributed by atoms with van der Waals surface area (Å²) in [5.74, 6) is -0.832. The molecule has 0 saturated carbocycles. The number of phenols is 1. The summed E-state index contributed by atoms with van der Waals surface area (Å²) in [5, 5.41) is 22.0. The van der Waals surface area contributed by atoms with Gasteiger partial charge in [0.2, 0.25) is 0 Å². The third-order valence-electron chi connectivity index (χ3n) is 3.90. The van der Waals surface area contributed by atoms with Crippen molar-refractivity contribution in [1.29, 1.82) is 0 Å². The van der Waals surface area contributed by atoms with Gasteiger partial charge >= 0.3 is 88.1 Å². The number of nitro benzene ring substituents is 1. The number of nitrogens with one attached hydrogen (secondary N) is 1. The summed E-state index contributed by atoms with van der Waals surface area (Å²) in [6.07, 6.45) is 3.21. The number of carbonyl (C=O) groups is 1. The first kappa shape index (κ1) is 20.7. The minimum Gasteiger partial charge on any atom is -0.258 e. The normalized spacial score (nSPS) is 12.6. The minimum atomic E-state index is -5.15. The summed E-state index contributed by atoms with van der Waals surface area (Å²) in [6.45, 7) is 1.27. The van der Waals surface area contributed by atoms with Gasteiger partial charge in [0.15, 0.2) is 0 Å². The van der Waals surface area contributed by atoms with Crippen LogP contribution in [0.5, 0.6) is 5.75 Å². The molecule has 4 N–H and O–H groups in total. The Bertz CT molecular complexity index is 923. The van der Waals surface area contributed by atoms with Crippen LogP contribution in [0.3, 0.4) is 0 Å². The number of nitro groups is 1.